The summed E-state index contributed by atoms with van der Waals surface area (Å²) >= 11 is 0. The molecule has 0 aromatic heterocycles. The van der Waals surface area contributed by atoms with E-state index in [1.807, 2.05) is 0 Å². The maximum absolute atomic E-state index is 4.70. The summed E-state index contributed by atoms with van der Waals surface area (Å²) in [6.07, 6.45) is 13.2. The van der Waals surface area contributed by atoms with E-state index in [1.165, 1.54) is 74.5 Å². The van der Waals surface area contributed by atoms with E-state index in [0.717, 1.165) is 41.4 Å². The lowest BCUT2D eigenvalue weighted by Gasteiger charge is -2.66. The Kier molecular flexibility index (Phi) is 4.39. The molecule has 4 unspecified atom stereocenters. The third-order valence-corrected chi connectivity index (χ3v) is 11.5. The van der Waals surface area contributed by atoms with Gasteiger partial charge in [-0.2, -0.15) is 12.5 Å². The lowest BCUT2D eigenvalue weighted by Crippen LogP contribution is -2.58. The highest BCUT2D eigenvalue weighted by Crippen LogP contribution is 2.68. The smallest absolute Gasteiger partial charge is 0.0178 e. The highest BCUT2D eigenvalue weighted by atomic mass is 14.6. The van der Waals surface area contributed by atoms with Gasteiger partial charge >= 0.3 is 0 Å². The van der Waals surface area contributed by atoms with Crippen LogP contribution < -0.4 is 0 Å². The summed E-state index contributed by atoms with van der Waals surface area (Å²) in [5.74, 6) is 7.08. The fourth-order valence-electron chi connectivity index (χ4n) is 11.0. The van der Waals surface area contributed by atoms with Crippen LogP contribution in [-0.4, -0.2) is 0 Å². The molecule has 6 rings (SSSR count). The Labute approximate surface area is 192 Å². The molecular weight excluding hydrogens is 372 g/mol. The van der Waals surface area contributed by atoms with Crippen molar-refractivity contribution < 1.29 is 0 Å². The van der Waals surface area contributed by atoms with E-state index in [-0.39, 0.29) is 0 Å². The fraction of sp³-hybridized carbons (Fsp3) is 0.774. The summed E-state index contributed by atoms with van der Waals surface area (Å²) < 4.78 is 0. The number of rotatable bonds is 2. The van der Waals surface area contributed by atoms with Gasteiger partial charge in [-0.15, -0.1) is 11.1 Å². The summed E-state index contributed by atoms with van der Waals surface area (Å²) in [6, 6.07) is 0. The molecule has 31 heavy (non-hydrogen) atoms. The van der Waals surface area contributed by atoms with Crippen LogP contribution in [0.1, 0.15) is 112 Å². The first kappa shape index (κ1) is 20.7. The summed E-state index contributed by atoms with van der Waals surface area (Å²) in [6.45, 7) is 19.8. The lowest BCUT2D eigenvalue weighted by molar-refractivity contribution is -0.141. The Hall–Kier alpha value is -0.910. The van der Waals surface area contributed by atoms with Gasteiger partial charge in [0.1, 0.15) is 0 Å². The van der Waals surface area contributed by atoms with E-state index in [9.17, 15) is 0 Å². The van der Waals surface area contributed by atoms with Gasteiger partial charge in [-0.05, 0) is 117 Å². The molecule has 1 aromatic rings. The molecule has 5 fully saturated rings. The van der Waals surface area contributed by atoms with E-state index < -0.39 is 0 Å². The zero-order valence-electron chi connectivity index (χ0n) is 21.1. The zero-order chi connectivity index (χ0) is 21.9. The van der Waals surface area contributed by atoms with Crippen molar-refractivity contribution in [1.29, 1.82) is 0 Å². The molecule has 0 radical (unpaired) electrons. The molecule has 0 N–H and O–H groups in total. The van der Waals surface area contributed by atoms with Gasteiger partial charge in [0.15, 0.2) is 0 Å². The minimum absolute atomic E-state index is 0.350. The molecule has 170 valence electrons. The third kappa shape index (κ3) is 2.81. The van der Waals surface area contributed by atoms with Crippen LogP contribution in [0.15, 0.2) is 0 Å². The van der Waals surface area contributed by atoms with Gasteiger partial charge in [-0.1, -0.05) is 51.3 Å². The van der Waals surface area contributed by atoms with Crippen molar-refractivity contribution in [3.63, 3.8) is 0 Å². The predicted molar refractivity (Wildman–Crippen MR) is 131 cm³/mol. The van der Waals surface area contributed by atoms with Crippen molar-refractivity contribution >= 4 is 0 Å². The second-order valence-electron chi connectivity index (χ2n) is 13.9. The van der Waals surface area contributed by atoms with Crippen LogP contribution in [0.5, 0.6) is 0 Å². The first-order valence-electron chi connectivity index (χ1n) is 13.6. The van der Waals surface area contributed by atoms with Crippen LogP contribution >= 0.6 is 0 Å². The zero-order valence-corrected chi connectivity index (χ0v) is 21.1. The number of benzene rings is 1. The standard InChI is InChI=1S/C31H45/c1-17-8-22-10-23(9-17)14-30(6,13-22)28-19(3)18(2)20(4)29(21(28)5)31(7)15-25-11-24-12-26(16-31)27(24)25/h17,22-27H,2,8-16H2,1,3-7H3/q-1. The van der Waals surface area contributed by atoms with Crippen molar-refractivity contribution in [2.75, 3.05) is 0 Å². The number of fused-ring (bicyclic) bond motifs is 2. The molecule has 0 amide bonds. The average molecular weight is 418 g/mol. The molecule has 4 atom stereocenters. The van der Waals surface area contributed by atoms with Crippen molar-refractivity contribution in [2.45, 2.75) is 110 Å². The Morgan fingerprint density at radius 1 is 0.645 bits per heavy atom. The quantitative estimate of drug-likeness (QED) is 0.425. The largest absolute Gasteiger partial charge is 0.198 e. The average Bonchev–Trinajstić information content (AvgIpc) is 2.61. The highest BCUT2D eigenvalue weighted by Gasteiger charge is 2.59. The molecule has 0 heteroatoms. The SMILES string of the molecule is [CH2-]c1c(C)c(C2(C)CC3CC(C)CC(C3)C2)c(C)c(C2(C)CC3CC4CC(C2)C43)c1C. The van der Waals surface area contributed by atoms with E-state index >= 15 is 0 Å². The van der Waals surface area contributed by atoms with E-state index in [4.69, 9.17) is 6.92 Å². The molecular formula is C31H45-. The molecule has 5 aliphatic rings. The molecule has 1 aromatic carbocycles. The van der Waals surface area contributed by atoms with Crippen LogP contribution in [0.25, 0.3) is 0 Å². The summed E-state index contributed by atoms with van der Waals surface area (Å²) in [4.78, 5) is 0. The normalized spacial score (nSPS) is 47.9. The third-order valence-electron chi connectivity index (χ3n) is 11.5. The summed E-state index contributed by atoms with van der Waals surface area (Å²) in [7, 11) is 0. The molecule has 5 aliphatic carbocycles. The minimum atomic E-state index is 0.350. The number of hydrogen-bond acceptors (Lipinski definition) is 0. The molecule has 0 heterocycles. The van der Waals surface area contributed by atoms with Crippen LogP contribution in [0, 0.1) is 69.1 Å². The molecule has 0 nitrogen and oxygen atoms in total. The van der Waals surface area contributed by atoms with Crippen LogP contribution in [0.2, 0.25) is 0 Å². The van der Waals surface area contributed by atoms with E-state index in [2.05, 4.69) is 41.5 Å². The van der Waals surface area contributed by atoms with Gasteiger partial charge < -0.3 is 0 Å². The van der Waals surface area contributed by atoms with Crippen LogP contribution in [-0.2, 0) is 10.8 Å². The second-order valence-corrected chi connectivity index (χ2v) is 13.9. The molecule has 0 saturated heterocycles. The van der Waals surface area contributed by atoms with Crippen LogP contribution in [0.4, 0.5) is 0 Å². The Morgan fingerprint density at radius 3 is 1.61 bits per heavy atom. The predicted octanol–water partition coefficient (Wildman–Crippen LogP) is 8.22. The van der Waals surface area contributed by atoms with Crippen LogP contribution in [0.3, 0.4) is 0 Å². The van der Waals surface area contributed by atoms with Crippen molar-refractivity contribution in [1.82, 2.24) is 0 Å². The molecule has 0 aliphatic heterocycles. The fourth-order valence-corrected chi connectivity index (χ4v) is 11.0. The number of hydrogen-bond donors (Lipinski definition) is 0. The Balaban J connectivity index is 1.45. The van der Waals surface area contributed by atoms with Gasteiger partial charge in [-0.3, -0.25) is 0 Å². The highest BCUT2D eigenvalue weighted by molar-refractivity contribution is 5.57. The maximum atomic E-state index is 4.70. The summed E-state index contributed by atoms with van der Waals surface area (Å²) in [5, 5.41) is 0. The minimum Gasteiger partial charge on any atom is -0.198 e. The topological polar surface area (TPSA) is 0 Å². The second kappa shape index (κ2) is 6.57. The first-order valence-corrected chi connectivity index (χ1v) is 13.6. The molecule has 0 spiro atoms. The van der Waals surface area contributed by atoms with Crippen molar-refractivity contribution in [3.05, 3.63) is 40.3 Å². The van der Waals surface area contributed by atoms with Gasteiger partial charge in [0.25, 0.3) is 0 Å². The summed E-state index contributed by atoms with van der Waals surface area (Å²) in [5.41, 5.74) is 10.3. The first-order chi connectivity index (χ1) is 14.6. The van der Waals surface area contributed by atoms with Gasteiger partial charge in [-0.25, -0.2) is 0 Å². The van der Waals surface area contributed by atoms with Gasteiger partial charge in [0.2, 0.25) is 0 Å². The van der Waals surface area contributed by atoms with Gasteiger partial charge in [0, 0.05) is 0 Å². The maximum Gasteiger partial charge on any atom is -0.0178 e. The van der Waals surface area contributed by atoms with Crippen molar-refractivity contribution in [3.8, 4) is 0 Å². The van der Waals surface area contributed by atoms with E-state index in [1.54, 1.807) is 16.7 Å². The lowest BCUT2D eigenvalue weighted by atomic mass is 9.39. The van der Waals surface area contributed by atoms with E-state index in [0.29, 0.717) is 10.8 Å². The van der Waals surface area contributed by atoms with Gasteiger partial charge in [0.05, 0.1) is 0 Å². The van der Waals surface area contributed by atoms with Crippen molar-refractivity contribution in [2.24, 2.45) is 41.4 Å². The monoisotopic (exact) mass is 417 g/mol. The Morgan fingerprint density at radius 2 is 1.13 bits per heavy atom. The molecule has 5 saturated carbocycles. The Bertz CT molecular complexity index is 885. The molecule has 2 bridgehead atoms.